The summed E-state index contributed by atoms with van der Waals surface area (Å²) in [5.41, 5.74) is 2.46. The Morgan fingerprint density at radius 3 is 3.05 bits per heavy atom. The van der Waals surface area contributed by atoms with E-state index in [1.165, 1.54) is 11.1 Å². The third-order valence-corrected chi connectivity index (χ3v) is 4.14. The van der Waals surface area contributed by atoms with Crippen LogP contribution in [0.3, 0.4) is 0 Å². The molecule has 4 nitrogen and oxygen atoms in total. The molecule has 1 fully saturated rings. The molecule has 1 amide bonds. The number of ether oxygens (including phenoxy) is 1. The van der Waals surface area contributed by atoms with Gasteiger partial charge in [-0.3, -0.25) is 4.79 Å². The van der Waals surface area contributed by atoms with Crippen molar-refractivity contribution in [1.29, 1.82) is 0 Å². The number of hydrogen-bond donors (Lipinski definition) is 2. The molecule has 2 unspecified atom stereocenters. The lowest BCUT2D eigenvalue weighted by atomic mass is 10.1. The topological polar surface area (TPSA) is 50.4 Å². The highest BCUT2D eigenvalue weighted by Gasteiger charge is 2.29. The molecule has 1 aromatic rings. The van der Waals surface area contributed by atoms with Gasteiger partial charge in [-0.15, -0.1) is 0 Å². The number of benzene rings is 1. The zero-order valence-corrected chi connectivity index (χ0v) is 11.2. The van der Waals surface area contributed by atoms with Crippen LogP contribution in [0.4, 0.5) is 0 Å². The molecule has 19 heavy (non-hydrogen) atoms. The summed E-state index contributed by atoms with van der Waals surface area (Å²) in [5.74, 6) is 1.08. The standard InChI is InChI=1S/C15H20N2O2/c1-19-14-6-2-4-10-11(14)7-8-12(10)17-15(18)13-5-3-9-16-13/h2,4,6,12-13,16H,3,5,7-9H2,1H3,(H,17,18). The van der Waals surface area contributed by atoms with Crippen molar-refractivity contribution in [3.63, 3.8) is 0 Å². The lowest BCUT2D eigenvalue weighted by molar-refractivity contribution is -0.123. The fourth-order valence-corrected chi connectivity index (χ4v) is 3.14. The largest absolute Gasteiger partial charge is 0.496 e. The summed E-state index contributed by atoms with van der Waals surface area (Å²) in [6.07, 6.45) is 3.98. The number of amides is 1. The average molecular weight is 260 g/mol. The van der Waals surface area contributed by atoms with E-state index in [1.54, 1.807) is 7.11 Å². The van der Waals surface area contributed by atoms with Crippen molar-refractivity contribution < 1.29 is 9.53 Å². The zero-order valence-electron chi connectivity index (χ0n) is 11.2. The fourth-order valence-electron chi connectivity index (χ4n) is 3.14. The Labute approximate surface area is 113 Å². The third kappa shape index (κ3) is 2.32. The molecular weight excluding hydrogens is 240 g/mol. The number of carbonyl (C=O) groups excluding carboxylic acids is 1. The van der Waals surface area contributed by atoms with Crippen molar-refractivity contribution in [3.8, 4) is 5.75 Å². The average Bonchev–Trinajstić information content (AvgIpc) is 3.08. The summed E-state index contributed by atoms with van der Waals surface area (Å²) >= 11 is 0. The Bertz CT molecular complexity index is 481. The Morgan fingerprint density at radius 2 is 2.32 bits per heavy atom. The highest BCUT2D eigenvalue weighted by molar-refractivity contribution is 5.82. The molecular formula is C15H20N2O2. The second kappa shape index (κ2) is 5.21. The molecule has 3 rings (SSSR count). The van der Waals surface area contributed by atoms with Crippen LogP contribution in [0.15, 0.2) is 18.2 Å². The molecule has 2 N–H and O–H groups in total. The summed E-state index contributed by atoms with van der Waals surface area (Å²) in [6.45, 7) is 0.952. The molecule has 1 aromatic carbocycles. The maximum atomic E-state index is 12.2. The normalized spacial score (nSPS) is 25.1. The van der Waals surface area contributed by atoms with Crippen molar-refractivity contribution in [2.75, 3.05) is 13.7 Å². The van der Waals surface area contributed by atoms with E-state index in [1.807, 2.05) is 12.1 Å². The van der Waals surface area contributed by atoms with Crippen LogP contribution >= 0.6 is 0 Å². The highest BCUT2D eigenvalue weighted by Crippen LogP contribution is 2.36. The summed E-state index contributed by atoms with van der Waals surface area (Å²) < 4.78 is 5.39. The Balaban J connectivity index is 1.73. The molecule has 0 radical (unpaired) electrons. The van der Waals surface area contributed by atoms with Gasteiger partial charge in [0.05, 0.1) is 19.2 Å². The number of hydrogen-bond acceptors (Lipinski definition) is 3. The van der Waals surface area contributed by atoms with E-state index in [0.717, 1.165) is 38.0 Å². The van der Waals surface area contributed by atoms with Gasteiger partial charge in [0.15, 0.2) is 0 Å². The van der Waals surface area contributed by atoms with E-state index in [9.17, 15) is 4.79 Å². The fraction of sp³-hybridized carbons (Fsp3) is 0.533. The molecule has 1 saturated heterocycles. The van der Waals surface area contributed by atoms with Gasteiger partial charge in [0.2, 0.25) is 5.91 Å². The molecule has 1 aliphatic carbocycles. The lowest BCUT2D eigenvalue weighted by Crippen LogP contribution is -2.41. The van der Waals surface area contributed by atoms with E-state index in [4.69, 9.17) is 4.74 Å². The monoisotopic (exact) mass is 260 g/mol. The van der Waals surface area contributed by atoms with Crippen LogP contribution in [0.2, 0.25) is 0 Å². The van der Waals surface area contributed by atoms with E-state index < -0.39 is 0 Å². The summed E-state index contributed by atoms with van der Waals surface area (Å²) in [6, 6.07) is 6.21. The Hall–Kier alpha value is -1.55. The van der Waals surface area contributed by atoms with Gasteiger partial charge in [0.1, 0.15) is 5.75 Å². The molecule has 0 bridgehead atoms. The van der Waals surface area contributed by atoms with Gasteiger partial charge < -0.3 is 15.4 Å². The van der Waals surface area contributed by atoms with Gasteiger partial charge in [0.25, 0.3) is 0 Å². The zero-order chi connectivity index (χ0) is 13.2. The van der Waals surface area contributed by atoms with Crippen molar-refractivity contribution >= 4 is 5.91 Å². The number of rotatable bonds is 3. The van der Waals surface area contributed by atoms with Gasteiger partial charge in [-0.25, -0.2) is 0 Å². The second-order valence-electron chi connectivity index (χ2n) is 5.28. The lowest BCUT2D eigenvalue weighted by Gasteiger charge is -2.17. The van der Waals surface area contributed by atoms with E-state index in [2.05, 4.69) is 16.7 Å². The number of nitrogens with one attached hydrogen (secondary N) is 2. The van der Waals surface area contributed by atoms with Crippen molar-refractivity contribution in [2.24, 2.45) is 0 Å². The number of carbonyl (C=O) groups is 1. The summed E-state index contributed by atoms with van der Waals surface area (Å²) in [5, 5.41) is 6.41. The number of fused-ring (bicyclic) bond motifs is 1. The maximum Gasteiger partial charge on any atom is 0.237 e. The SMILES string of the molecule is COc1cccc2c1CCC2NC(=O)C1CCCN1. The minimum Gasteiger partial charge on any atom is -0.496 e. The molecule has 0 saturated carbocycles. The second-order valence-corrected chi connectivity index (χ2v) is 5.28. The minimum atomic E-state index is -0.00495. The van der Waals surface area contributed by atoms with Crippen molar-refractivity contribution in [2.45, 2.75) is 37.8 Å². The summed E-state index contributed by atoms with van der Waals surface area (Å²) in [4.78, 5) is 12.2. The smallest absolute Gasteiger partial charge is 0.237 e. The van der Waals surface area contributed by atoms with Crippen molar-refractivity contribution in [3.05, 3.63) is 29.3 Å². The minimum absolute atomic E-state index is 0.00495. The van der Waals surface area contributed by atoms with Crippen LogP contribution in [0.1, 0.15) is 36.4 Å². The van der Waals surface area contributed by atoms with Gasteiger partial charge in [0, 0.05) is 0 Å². The van der Waals surface area contributed by atoms with Crippen LogP contribution in [0.25, 0.3) is 0 Å². The van der Waals surface area contributed by atoms with Gasteiger partial charge >= 0.3 is 0 Å². The quantitative estimate of drug-likeness (QED) is 0.867. The van der Waals surface area contributed by atoms with Crippen LogP contribution in [0, 0.1) is 0 Å². The first-order valence-corrected chi connectivity index (χ1v) is 6.99. The van der Waals surface area contributed by atoms with E-state index in [-0.39, 0.29) is 18.0 Å². The molecule has 1 aliphatic heterocycles. The van der Waals surface area contributed by atoms with Crippen molar-refractivity contribution in [1.82, 2.24) is 10.6 Å². The van der Waals surface area contributed by atoms with Crippen LogP contribution in [-0.4, -0.2) is 25.6 Å². The number of methoxy groups -OCH3 is 1. The molecule has 0 aromatic heterocycles. The maximum absolute atomic E-state index is 12.2. The first-order chi connectivity index (χ1) is 9.29. The molecule has 4 heteroatoms. The van der Waals surface area contributed by atoms with Gasteiger partial charge in [-0.1, -0.05) is 12.1 Å². The molecule has 102 valence electrons. The Kier molecular flexibility index (Phi) is 3.42. The molecule has 0 spiro atoms. The third-order valence-electron chi connectivity index (χ3n) is 4.14. The Morgan fingerprint density at radius 1 is 1.42 bits per heavy atom. The van der Waals surface area contributed by atoms with E-state index in [0.29, 0.717) is 0 Å². The van der Waals surface area contributed by atoms with Gasteiger partial charge in [-0.05, 0) is 49.4 Å². The van der Waals surface area contributed by atoms with Gasteiger partial charge in [-0.2, -0.15) is 0 Å². The van der Waals surface area contributed by atoms with Crippen LogP contribution < -0.4 is 15.4 Å². The molecule has 2 atom stereocenters. The summed E-state index contributed by atoms with van der Waals surface area (Å²) in [7, 11) is 1.70. The highest BCUT2D eigenvalue weighted by atomic mass is 16.5. The first-order valence-electron chi connectivity index (χ1n) is 6.99. The molecule has 2 aliphatic rings. The predicted octanol–water partition coefficient (Wildman–Crippen LogP) is 1.55. The van der Waals surface area contributed by atoms with E-state index >= 15 is 0 Å². The van der Waals surface area contributed by atoms with Crippen LogP contribution in [-0.2, 0) is 11.2 Å². The van der Waals surface area contributed by atoms with Crippen LogP contribution in [0.5, 0.6) is 5.75 Å². The molecule has 1 heterocycles. The first kappa shape index (κ1) is 12.5. The predicted molar refractivity (Wildman–Crippen MR) is 73.2 cm³/mol.